The van der Waals surface area contributed by atoms with Gasteiger partial charge in [-0.1, -0.05) is 117 Å². The van der Waals surface area contributed by atoms with E-state index in [2.05, 4.69) is 30.1 Å². The summed E-state index contributed by atoms with van der Waals surface area (Å²) in [6, 6.07) is 42.6. The Balaban J connectivity index is 0.000000158. The highest BCUT2D eigenvalue weighted by Crippen LogP contribution is 2.42. The number of aromatic nitrogens is 6. The molecule has 3 unspecified atom stereocenters. The van der Waals surface area contributed by atoms with Crippen LogP contribution in [0.5, 0.6) is 5.75 Å². The van der Waals surface area contributed by atoms with E-state index in [0.717, 1.165) is 157 Å². The van der Waals surface area contributed by atoms with E-state index in [1.165, 1.54) is 119 Å². The number of halogens is 9. The Hall–Kier alpha value is -11.2. The SMILES string of the molecule is COC(=O)[C@@H](Cc1ccc(O)cc1)NC(=O)c1nn(-c2ccc(F)cc2F)c2c1CCCCC2Cc1cccc(F)c1.C[C@H](NS(=O)(=O)/C=C/c1nn(-c2ccc(F)cc2F)c2c1CCCCC2Cc1cccc(F)c1)C1CCCCC1.C[C@H](NS(=O)(=O)/C=C/c1nn(-c2ccc(F)cc2F)c2c1CCCCC2Cc1cccc(F)c1)c1ccccc1. The van der Waals surface area contributed by atoms with Crippen LogP contribution in [-0.2, 0) is 74.5 Å². The number of sulfonamides is 2. The molecule has 28 heteroatoms. The third kappa shape index (κ3) is 22.5. The molecule has 11 aromatic rings. The summed E-state index contributed by atoms with van der Waals surface area (Å²) in [5, 5.41) is 28.4. The zero-order valence-electron chi connectivity index (χ0n) is 67.7. The van der Waals surface area contributed by atoms with Crippen molar-refractivity contribution in [2.75, 3.05) is 7.11 Å². The molecule has 0 saturated heterocycles. The molecule has 0 bridgehead atoms. The molecule has 0 radical (unpaired) electrons. The Morgan fingerprint density at radius 1 is 0.459 bits per heavy atom. The minimum Gasteiger partial charge on any atom is -0.508 e. The second-order valence-corrected chi connectivity index (χ2v) is 34.9. The number of fused-ring (bicyclic) bond motifs is 3. The van der Waals surface area contributed by atoms with Crippen LogP contribution in [0.15, 0.2) is 193 Å². The van der Waals surface area contributed by atoms with E-state index in [-0.39, 0.29) is 76.2 Å². The van der Waals surface area contributed by atoms with E-state index in [9.17, 15) is 57.9 Å². The van der Waals surface area contributed by atoms with Gasteiger partial charge in [0.25, 0.3) is 5.91 Å². The molecule has 6 atom stereocenters. The number of nitrogens with zero attached hydrogens (tertiary/aromatic N) is 6. The molecule has 1 amide bonds. The Kier molecular flexibility index (Phi) is 29.2. The van der Waals surface area contributed by atoms with Crippen molar-refractivity contribution in [3.05, 3.63) is 324 Å². The average Bonchev–Trinajstić information content (AvgIpc) is 1.62. The molecule has 3 aromatic heterocycles. The second-order valence-electron chi connectivity index (χ2n) is 31.7. The van der Waals surface area contributed by atoms with Gasteiger partial charge in [0.05, 0.1) is 35.6 Å². The summed E-state index contributed by atoms with van der Waals surface area (Å²) in [5.41, 5.74) is 9.21. The number of phenolic OH excluding ortho intramolecular Hbond substituents is 1. The highest BCUT2D eigenvalue weighted by Gasteiger charge is 2.36. The van der Waals surface area contributed by atoms with Crippen molar-refractivity contribution < 1.29 is 75.8 Å². The second kappa shape index (κ2) is 40.2. The lowest BCUT2D eigenvalue weighted by Crippen LogP contribution is -2.43. The number of nitrogens with one attached hydrogen (secondary N) is 3. The quantitative estimate of drug-likeness (QED) is 0.0253. The van der Waals surface area contributed by atoms with Crippen molar-refractivity contribution in [3.8, 4) is 22.8 Å². The minimum absolute atomic E-state index is 0.0218. The number of benzene rings is 8. The molecule has 15 rings (SSSR count). The molecule has 3 heterocycles. The number of methoxy groups -OCH3 is 1. The van der Waals surface area contributed by atoms with Gasteiger partial charge in [-0.2, -0.15) is 15.3 Å². The molecule has 1 saturated carbocycles. The molecule has 122 heavy (non-hydrogen) atoms. The van der Waals surface area contributed by atoms with Crippen molar-refractivity contribution in [2.24, 2.45) is 5.92 Å². The van der Waals surface area contributed by atoms with E-state index < -0.39 is 78.9 Å². The highest BCUT2D eigenvalue weighted by atomic mass is 32.2. The summed E-state index contributed by atoms with van der Waals surface area (Å²) in [6.45, 7) is 3.67. The first kappa shape index (κ1) is 88.6. The Morgan fingerprint density at radius 3 is 1.29 bits per heavy atom. The van der Waals surface area contributed by atoms with Crippen LogP contribution in [0.1, 0.15) is 211 Å². The van der Waals surface area contributed by atoms with Gasteiger partial charge in [-0.15, -0.1) is 0 Å². The maximum atomic E-state index is 15.1. The van der Waals surface area contributed by atoms with Gasteiger partial charge >= 0.3 is 5.97 Å². The van der Waals surface area contributed by atoms with Crippen molar-refractivity contribution in [2.45, 2.75) is 185 Å². The largest absolute Gasteiger partial charge is 0.508 e. The van der Waals surface area contributed by atoms with E-state index in [0.29, 0.717) is 79.1 Å². The fourth-order valence-electron chi connectivity index (χ4n) is 17.2. The summed E-state index contributed by atoms with van der Waals surface area (Å²) in [5.74, 6) is -6.99. The first-order valence-electron chi connectivity index (χ1n) is 41.2. The third-order valence-electron chi connectivity index (χ3n) is 23.0. The van der Waals surface area contributed by atoms with Crippen molar-refractivity contribution in [3.63, 3.8) is 0 Å². The zero-order chi connectivity index (χ0) is 86.4. The van der Waals surface area contributed by atoms with Crippen molar-refractivity contribution in [1.82, 2.24) is 44.1 Å². The summed E-state index contributed by atoms with van der Waals surface area (Å²) < 4.78 is 195. The molecule has 8 aromatic carbocycles. The molecule has 640 valence electrons. The molecule has 0 aliphatic heterocycles. The lowest BCUT2D eigenvalue weighted by molar-refractivity contribution is -0.142. The first-order chi connectivity index (χ1) is 58.6. The number of amides is 1. The third-order valence-corrected chi connectivity index (χ3v) is 25.4. The van der Waals surface area contributed by atoms with Crippen LogP contribution in [-0.4, -0.2) is 82.4 Å². The highest BCUT2D eigenvalue weighted by molar-refractivity contribution is 7.92. The van der Waals surface area contributed by atoms with E-state index in [1.807, 2.05) is 55.5 Å². The van der Waals surface area contributed by atoms with Crippen LogP contribution in [0.3, 0.4) is 0 Å². The maximum Gasteiger partial charge on any atom is 0.328 e. The maximum absolute atomic E-state index is 15.1. The molecular formula is C94H96F9N9O8S2. The number of phenols is 1. The Labute approximate surface area is 704 Å². The summed E-state index contributed by atoms with van der Waals surface area (Å²) in [4.78, 5) is 26.4. The first-order valence-corrected chi connectivity index (χ1v) is 44.3. The Morgan fingerprint density at radius 2 is 0.861 bits per heavy atom. The number of carbonyl (C=O) groups excluding carboxylic acids is 2. The zero-order valence-corrected chi connectivity index (χ0v) is 69.4. The van der Waals surface area contributed by atoms with Gasteiger partial charge in [-0.05, 0) is 235 Å². The van der Waals surface area contributed by atoms with Crippen LogP contribution >= 0.6 is 0 Å². The lowest BCUT2D eigenvalue weighted by Gasteiger charge is -2.27. The van der Waals surface area contributed by atoms with Crippen LogP contribution in [0.25, 0.3) is 29.2 Å². The van der Waals surface area contributed by atoms with Gasteiger partial charge in [-0.3, -0.25) is 4.79 Å². The topological polar surface area (TPSA) is 221 Å². The molecular weight excluding hydrogens is 1620 g/mol. The van der Waals surface area contributed by atoms with Crippen molar-refractivity contribution >= 4 is 44.1 Å². The minimum atomic E-state index is -3.84. The number of aromatic hydroxyl groups is 1. The normalized spacial score (nSPS) is 17.1. The van der Waals surface area contributed by atoms with Crippen molar-refractivity contribution in [1.29, 1.82) is 0 Å². The summed E-state index contributed by atoms with van der Waals surface area (Å²) >= 11 is 0. The van der Waals surface area contributed by atoms with E-state index in [1.54, 1.807) is 37.3 Å². The predicted molar refractivity (Wildman–Crippen MR) is 450 cm³/mol. The van der Waals surface area contributed by atoms with Crippen LogP contribution in [0, 0.1) is 58.3 Å². The van der Waals surface area contributed by atoms with Crippen LogP contribution < -0.4 is 14.8 Å². The molecule has 4 N–H and O–H groups in total. The Bertz CT molecular complexity index is 5840. The van der Waals surface area contributed by atoms with Gasteiger partial charge in [0.1, 0.15) is 63.8 Å². The number of ether oxygens (including phenoxy) is 1. The number of hydrogen-bond donors (Lipinski definition) is 4. The average molecular weight is 1710 g/mol. The predicted octanol–water partition coefficient (Wildman–Crippen LogP) is 19.8. The molecule has 0 spiro atoms. The van der Waals surface area contributed by atoms with Crippen LogP contribution in [0.2, 0.25) is 0 Å². The van der Waals surface area contributed by atoms with Gasteiger partial charge in [-0.25, -0.2) is 84.6 Å². The summed E-state index contributed by atoms with van der Waals surface area (Å²) in [7, 11) is -6.37. The molecule has 1 fully saturated rings. The van der Waals surface area contributed by atoms with Gasteiger partial charge in [0.15, 0.2) is 23.1 Å². The smallest absolute Gasteiger partial charge is 0.328 e. The molecule has 4 aliphatic carbocycles. The monoisotopic (exact) mass is 1710 g/mol. The van der Waals surface area contributed by atoms with Gasteiger partial charge in [0.2, 0.25) is 20.0 Å². The molecule has 17 nitrogen and oxygen atoms in total. The summed E-state index contributed by atoms with van der Waals surface area (Å²) in [6.07, 6.45) is 18.9. The number of hydrogen-bond acceptors (Lipinski definition) is 11. The van der Waals surface area contributed by atoms with Gasteiger partial charge < -0.3 is 15.2 Å². The van der Waals surface area contributed by atoms with Gasteiger partial charge in [0, 0.05) is 82.0 Å². The number of rotatable bonds is 24. The van der Waals surface area contributed by atoms with E-state index in [4.69, 9.17) is 4.74 Å². The molecule has 4 aliphatic rings. The standard InChI is InChI=1S/C32H30F3N3O4.C31H36F3N3O2S.C31H30F3N3O2S/c1-42-32(41)27(17-19-9-12-24(39)13-10-19)36-31(40)29-25-8-3-2-6-21(15-20-5-4-7-22(33)16-20)30(25)38(37-29)28-14-11-23(34)18-26(28)35;2*1-21(23-9-3-2-4-10-23)36-40(38,39)17-16-29-27-13-6-5-11-24(18-22-8-7-12-25(32)19-22)31(27)37(35-29)30-15-14-26(33)20-28(30)34/h4-5,7,9-14,16,18,21,27,39H,2-3,6,8,15,17H2,1H3,(H,36,40);7-8,12,14-17,19-21,23-24,36H,2-6,9-11,13,18H2,1H3;2-4,7-10,12,14-17,19-21,24,36H,5-6,11,13,18H2,1H3/b;2*17-16+/t21?,27-;2*21-,24?/m100/s1. The number of carbonyl (C=O) groups is 2. The lowest BCUT2D eigenvalue weighted by atomic mass is 9.85. The fraction of sp³-hybridized carbons (Fsp3) is 0.330. The van der Waals surface area contributed by atoms with E-state index >= 15 is 13.2 Å². The fourth-order valence-corrected chi connectivity index (χ4v) is 19.3. The number of esters is 1. The van der Waals surface area contributed by atoms with Crippen LogP contribution in [0.4, 0.5) is 39.5 Å².